The van der Waals surface area contributed by atoms with Crippen LogP contribution in [-0.4, -0.2) is 23.5 Å². The van der Waals surface area contributed by atoms with Gasteiger partial charge in [0, 0.05) is 6.04 Å². The van der Waals surface area contributed by atoms with E-state index in [4.69, 9.17) is 10.5 Å². The Balaban J connectivity index is 2.18. The van der Waals surface area contributed by atoms with Crippen LogP contribution in [0.5, 0.6) is 5.75 Å². The van der Waals surface area contributed by atoms with E-state index in [1.165, 1.54) is 12.1 Å². The number of nitrogens with two attached hydrogens (primary N) is 1. The van der Waals surface area contributed by atoms with Crippen LogP contribution in [0.1, 0.15) is 26.2 Å². The van der Waals surface area contributed by atoms with Gasteiger partial charge in [0.2, 0.25) is 5.91 Å². The van der Waals surface area contributed by atoms with Crippen molar-refractivity contribution in [2.24, 2.45) is 11.7 Å². The van der Waals surface area contributed by atoms with Gasteiger partial charge in [-0.15, -0.1) is 0 Å². The van der Waals surface area contributed by atoms with E-state index in [2.05, 4.69) is 5.32 Å². The smallest absolute Gasteiger partial charge is 0.296 e. The largest absolute Gasteiger partial charge is 0.494 e. The predicted octanol–water partition coefficient (Wildman–Crippen LogP) is 2.06. The molecule has 1 fully saturated rings. The molecule has 21 heavy (non-hydrogen) atoms. The standard InChI is InChI=1S/C14H19N3O4/c1-2-21-9-6-7-12(13(8-9)17(19)20)16-14(18)10-4-3-5-11(10)15/h6-8,10-11H,2-5,15H2,1H3,(H,16,18). The average Bonchev–Trinajstić information content (AvgIpc) is 2.87. The highest BCUT2D eigenvalue weighted by Crippen LogP contribution is 2.31. The van der Waals surface area contributed by atoms with Gasteiger partial charge in [-0.2, -0.15) is 0 Å². The molecule has 3 N–H and O–H groups in total. The first-order valence-corrected chi connectivity index (χ1v) is 7.00. The van der Waals surface area contributed by atoms with Crippen molar-refractivity contribution in [3.63, 3.8) is 0 Å². The third-order valence-corrected chi connectivity index (χ3v) is 3.64. The number of amides is 1. The van der Waals surface area contributed by atoms with Gasteiger partial charge >= 0.3 is 0 Å². The van der Waals surface area contributed by atoms with E-state index in [0.29, 0.717) is 12.4 Å². The number of carbonyl (C=O) groups excluding carboxylic acids is 1. The number of nitro benzene ring substituents is 1. The molecule has 1 saturated carbocycles. The van der Waals surface area contributed by atoms with E-state index >= 15 is 0 Å². The van der Waals surface area contributed by atoms with Gasteiger partial charge in [0.05, 0.1) is 23.5 Å². The number of hydrogen-bond acceptors (Lipinski definition) is 5. The molecule has 1 aliphatic carbocycles. The van der Waals surface area contributed by atoms with Crippen LogP contribution in [0.4, 0.5) is 11.4 Å². The summed E-state index contributed by atoms with van der Waals surface area (Å²) >= 11 is 0. The molecule has 0 spiro atoms. The minimum absolute atomic E-state index is 0.174. The molecular formula is C14H19N3O4. The topological polar surface area (TPSA) is 107 Å². The number of rotatable bonds is 5. The zero-order valence-corrected chi connectivity index (χ0v) is 11.9. The summed E-state index contributed by atoms with van der Waals surface area (Å²) in [7, 11) is 0. The first-order valence-electron chi connectivity index (χ1n) is 7.00. The summed E-state index contributed by atoms with van der Waals surface area (Å²) in [5, 5.41) is 13.7. The van der Waals surface area contributed by atoms with Gasteiger partial charge in [-0.3, -0.25) is 14.9 Å². The van der Waals surface area contributed by atoms with Crippen molar-refractivity contribution in [3.8, 4) is 5.75 Å². The monoisotopic (exact) mass is 293 g/mol. The van der Waals surface area contributed by atoms with Crippen molar-refractivity contribution in [1.82, 2.24) is 0 Å². The van der Waals surface area contributed by atoms with E-state index in [1.54, 1.807) is 13.0 Å². The van der Waals surface area contributed by atoms with Crippen LogP contribution in [0.2, 0.25) is 0 Å². The van der Waals surface area contributed by atoms with Crippen molar-refractivity contribution < 1.29 is 14.5 Å². The Labute approximate surface area is 122 Å². The molecule has 0 heterocycles. The molecule has 0 radical (unpaired) electrons. The fourth-order valence-corrected chi connectivity index (χ4v) is 2.56. The van der Waals surface area contributed by atoms with Crippen LogP contribution in [-0.2, 0) is 4.79 Å². The van der Waals surface area contributed by atoms with Crippen LogP contribution in [0.15, 0.2) is 18.2 Å². The highest BCUT2D eigenvalue weighted by Gasteiger charge is 2.31. The second kappa shape index (κ2) is 6.53. The number of hydrogen-bond donors (Lipinski definition) is 2. The van der Waals surface area contributed by atoms with Crippen LogP contribution >= 0.6 is 0 Å². The van der Waals surface area contributed by atoms with Gasteiger partial charge in [0.15, 0.2) is 0 Å². The first-order chi connectivity index (χ1) is 10.0. The van der Waals surface area contributed by atoms with E-state index in [-0.39, 0.29) is 29.2 Å². The summed E-state index contributed by atoms with van der Waals surface area (Å²) in [4.78, 5) is 22.7. The lowest BCUT2D eigenvalue weighted by atomic mass is 10.0. The predicted molar refractivity (Wildman–Crippen MR) is 78.2 cm³/mol. The molecule has 0 saturated heterocycles. The molecule has 1 aromatic carbocycles. The molecule has 7 nitrogen and oxygen atoms in total. The molecular weight excluding hydrogens is 274 g/mol. The molecule has 1 aromatic rings. The second-order valence-electron chi connectivity index (χ2n) is 5.06. The Morgan fingerprint density at radius 2 is 2.29 bits per heavy atom. The maximum atomic E-state index is 12.2. The number of benzene rings is 1. The highest BCUT2D eigenvalue weighted by atomic mass is 16.6. The molecule has 2 unspecified atom stereocenters. The molecule has 2 atom stereocenters. The number of nitrogens with one attached hydrogen (secondary N) is 1. The third kappa shape index (κ3) is 3.49. The van der Waals surface area contributed by atoms with E-state index in [9.17, 15) is 14.9 Å². The number of anilines is 1. The Bertz CT molecular complexity index is 547. The zero-order valence-electron chi connectivity index (χ0n) is 11.9. The Morgan fingerprint density at radius 3 is 2.86 bits per heavy atom. The van der Waals surface area contributed by atoms with Crippen molar-refractivity contribution >= 4 is 17.3 Å². The van der Waals surface area contributed by atoms with Crippen LogP contribution in [0.25, 0.3) is 0 Å². The summed E-state index contributed by atoms with van der Waals surface area (Å²) in [6, 6.07) is 4.22. The quantitative estimate of drug-likeness (QED) is 0.638. The van der Waals surface area contributed by atoms with Crippen molar-refractivity contribution in [2.75, 3.05) is 11.9 Å². The van der Waals surface area contributed by atoms with Gasteiger partial charge in [0.25, 0.3) is 5.69 Å². The maximum Gasteiger partial charge on any atom is 0.296 e. The number of nitrogens with zero attached hydrogens (tertiary/aromatic N) is 1. The van der Waals surface area contributed by atoms with Gasteiger partial charge in [-0.1, -0.05) is 6.42 Å². The molecule has 1 aliphatic rings. The summed E-state index contributed by atoms with van der Waals surface area (Å²) in [6.45, 7) is 2.21. The molecule has 114 valence electrons. The number of ether oxygens (including phenoxy) is 1. The fraction of sp³-hybridized carbons (Fsp3) is 0.500. The zero-order chi connectivity index (χ0) is 15.4. The number of carbonyl (C=O) groups is 1. The second-order valence-corrected chi connectivity index (χ2v) is 5.06. The van der Waals surface area contributed by atoms with Gasteiger partial charge in [-0.05, 0) is 31.9 Å². The molecule has 0 aliphatic heterocycles. The molecule has 0 bridgehead atoms. The van der Waals surface area contributed by atoms with Gasteiger partial charge in [0.1, 0.15) is 11.4 Å². The van der Waals surface area contributed by atoms with E-state index in [1.807, 2.05) is 0 Å². The van der Waals surface area contributed by atoms with Crippen molar-refractivity contribution in [2.45, 2.75) is 32.2 Å². The molecule has 7 heteroatoms. The maximum absolute atomic E-state index is 12.2. The summed E-state index contributed by atoms with van der Waals surface area (Å²) in [6.07, 6.45) is 2.44. The van der Waals surface area contributed by atoms with Crippen molar-refractivity contribution in [3.05, 3.63) is 28.3 Å². The van der Waals surface area contributed by atoms with E-state index in [0.717, 1.165) is 19.3 Å². The van der Waals surface area contributed by atoms with Crippen molar-refractivity contribution in [1.29, 1.82) is 0 Å². The third-order valence-electron chi connectivity index (χ3n) is 3.64. The molecule has 0 aromatic heterocycles. The number of nitro groups is 1. The van der Waals surface area contributed by atoms with E-state index < -0.39 is 4.92 Å². The minimum Gasteiger partial charge on any atom is -0.494 e. The summed E-state index contributed by atoms with van der Waals surface area (Å²) < 4.78 is 5.24. The summed E-state index contributed by atoms with van der Waals surface area (Å²) in [5.74, 6) is -0.136. The van der Waals surface area contributed by atoms with Gasteiger partial charge in [-0.25, -0.2) is 0 Å². The average molecular weight is 293 g/mol. The normalized spacial score (nSPS) is 21.0. The lowest BCUT2D eigenvalue weighted by Gasteiger charge is -2.15. The molecule has 1 amide bonds. The Morgan fingerprint density at radius 1 is 1.52 bits per heavy atom. The van der Waals surface area contributed by atoms with Crippen LogP contribution in [0, 0.1) is 16.0 Å². The Hall–Kier alpha value is -2.15. The first kappa shape index (κ1) is 15.2. The SMILES string of the molecule is CCOc1ccc(NC(=O)C2CCCC2N)c([N+](=O)[O-])c1. The molecule has 2 rings (SSSR count). The lowest BCUT2D eigenvalue weighted by Crippen LogP contribution is -2.34. The fourth-order valence-electron chi connectivity index (χ4n) is 2.56. The Kier molecular flexibility index (Phi) is 4.74. The highest BCUT2D eigenvalue weighted by molar-refractivity contribution is 5.95. The van der Waals surface area contributed by atoms with Crippen LogP contribution < -0.4 is 15.8 Å². The van der Waals surface area contributed by atoms with Gasteiger partial charge < -0.3 is 15.8 Å². The summed E-state index contributed by atoms with van der Waals surface area (Å²) in [5.41, 5.74) is 5.87. The lowest BCUT2D eigenvalue weighted by molar-refractivity contribution is -0.384. The minimum atomic E-state index is -0.535. The van der Waals surface area contributed by atoms with Crippen LogP contribution in [0.3, 0.4) is 0 Å².